The molecule has 3 aromatic carbocycles. The molecule has 42 heavy (non-hydrogen) atoms. The molecule has 0 aliphatic carbocycles. The van der Waals surface area contributed by atoms with Gasteiger partial charge in [-0.2, -0.15) is 0 Å². The van der Waals surface area contributed by atoms with Crippen molar-refractivity contribution in [3.05, 3.63) is 107 Å². The average Bonchev–Trinajstić information content (AvgIpc) is 3.25. The number of fused-ring (bicyclic) bond motifs is 1. The fraction of sp³-hybridized carbons (Fsp3) is 0.258. The molecule has 0 fully saturated rings. The Hall–Kier alpha value is -4.48. The van der Waals surface area contributed by atoms with E-state index in [1.54, 1.807) is 67.8 Å². The van der Waals surface area contributed by atoms with Crippen LogP contribution >= 0.6 is 0 Å². The minimum absolute atomic E-state index is 0.00359. The summed E-state index contributed by atoms with van der Waals surface area (Å²) < 4.78 is 42.8. The van der Waals surface area contributed by atoms with Crippen molar-refractivity contribution < 1.29 is 37.0 Å². The second-order valence-corrected chi connectivity index (χ2v) is 11.4. The first kappa shape index (κ1) is 30.5. The zero-order valence-electron chi connectivity index (χ0n) is 23.6. The van der Waals surface area contributed by atoms with Crippen LogP contribution in [0.25, 0.3) is 0 Å². The van der Waals surface area contributed by atoms with Crippen LogP contribution in [0.3, 0.4) is 0 Å². The van der Waals surface area contributed by atoms with Crippen molar-refractivity contribution in [1.29, 1.82) is 0 Å². The van der Waals surface area contributed by atoms with Crippen LogP contribution in [0.4, 0.5) is 4.79 Å². The molecule has 0 N–H and O–H groups in total. The summed E-state index contributed by atoms with van der Waals surface area (Å²) in [6.45, 7) is 1.82. The first-order valence-corrected chi connectivity index (χ1v) is 14.6. The number of carbonyl (C=O) groups is 3. The Kier molecular flexibility index (Phi) is 9.76. The van der Waals surface area contributed by atoms with Crippen LogP contribution in [-0.4, -0.2) is 68.9 Å². The van der Waals surface area contributed by atoms with Crippen molar-refractivity contribution in [3.63, 3.8) is 0 Å². The van der Waals surface area contributed by atoms with Crippen molar-refractivity contribution >= 4 is 27.9 Å². The maximum atomic E-state index is 13.2. The lowest BCUT2D eigenvalue weighted by Crippen LogP contribution is -2.41. The molecular weight excluding hydrogens is 560 g/mol. The first-order chi connectivity index (χ1) is 20.2. The summed E-state index contributed by atoms with van der Waals surface area (Å²) >= 11 is 0. The van der Waals surface area contributed by atoms with Crippen LogP contribution in [-0.2, 0) is 26.1 Å². The molecule has 10 nitrogen and oxygen atoms in total. The van der Waals surface area contributed by atoms with Crippen LogP contribution in [0.2, 0.25) is 0 Å². The lowest BCUT2D eigenvalue weighted by molar-refractivity contribution is 0.0443. The molecule has 3 aromatic rings. The molecule has 0 radical (unpaired) electrons. The largest absolute Gasteiger partial charge is 0.497 e. The van der Waals surface area contributed by atoms with Crippen molar-refractivity contribution in [2.45, 2.75) is 30.9 Å². The number of hydrogen-bond acceptors (Lipinski definition) is 8. The topological polar surface area (TPSA) is 120 Å². The van der Waals surface area contributed by atoms with Gasteiger partial charge in [0.05, 0.1) is 49.5 Å². The maximum absolute atomic E-state index is 13.2. The molecular formula is C31H32N2O8S. The van der Waals surface area contributed by atoms with Gasteiger partial charge in [-0.15, -0.1) is 0 Å². The van der Waals surface area contributed by atoms with E-state index in [1.165, 1.54) is 12.1 Å². The number of ether oxygens (including phenoxy) is 3. The van der Waals surface area contributed by atoms with E-state index < -0.39 is 34.0 Å². The number of methoxy groups -OCH3 is 2. The van der Waals surface area contributed by atoms with Crippen molar-refractivity contribution in [2.24, 2.45) is 0 Å². The molecule has 0 unspecified atom stereocenters. The summed E-state index contributed by atoms with van der Waals surface area (Å²) in [7, 11) is -1.49. The highest BCUT2D eigenvalue weighted by Crippen LogP contribution is 2.26. The summed E-state index contributed by atoms with van der Waals surface area (Å²) in [5.41, 5.74) is 2.35. The summed E-state index contributed by atoms with van der Waals surface area (Å²) in [5.74, 6) is -0.191. The molecule has 220 valence electrons. The molecule has 1 aliphatic heterocycles. The molecule has 3 amide bonds. The van der Waals surface area contributed by atoms with Gasteiger partial charge in [0, 0.05) is 6.54 Å². The summed E-state index contributed by atoms with van der Waals surface area (Å²) in [4.78, 5) is 39.9. The third-order valence-electron chi connectivity index (χ3n) is 6.72. The van der Waals surface area contributed by atoms with E-state index in [0.717, 1.165) is 23.1 Å². The highest BCUT2D eigenvalue weighted by atomic mass is 32.2. The Morgan fingerprint density at radius 2 is 1.55 bits per heavy atom. The number of rotatable bonds is 12. The van der Waals surface area contributed by atoms with E-state index in [9.17, 15) is 22.8 Å². The smallest absolute Gasteiger partial charge is 0.423 e. The number of imide groups is 1. The van der Waals surface area contributed by atoms with E-state index in [4.69, 9.17) is 14.2 Å². The van der Waals surface area contributed by atoms with Gasteiger partial charge >= 0.3 is 6.09 Å². The molecule has 1 atom stereocenters. The summed E-state index contributed by atoms with van der Waals surface area (Å²) in [6.07, 6.45) is 2.30. The molecule has 0 saturated carbocycles. The molecule has 1 aliphatic rings. The number of nitrogens with zero attached hydrogens (tertiary/aromatic N) is 2. The zero-order valence-corrected chi connectivity index (χ0v) is 24.4. The molecule has 4 rings (SSSR count). The Bertz CT molecular complexity index is 1530. The first-order valence-electron chi connectivity index (χ1n) is 13.2. The molecule has 0 saturated heterocycles. The Morgan fingerprint density at radius 3 is 2.12 bits per heavy atom. The monoisotopic (exact) mass is 592 g/mol. The third kappa shape index (κ3) is 6.69. The van der Waals surface area contributed by atoms with Gasteiger partial charge in [0.25, 0.3) is 21.8 Å². The highest BCUT2D eigenvalue weighted by molar-refractivity contribution is 7.89. The van der Waals surface area contributed by atoms with Crippen LogP contribution in [0, 0.1) is 6.92 Å². The van der Waals surface area contributed by atoms with Crippen LogP contribution < -0.4 is 4.74 Å². The van der Waals surface area contributed by atoms with Crippen molar-refractivity contribution in [1.82, 2.24) is 9.21 Å². The fourth-order valence-electron chi connectivity index (χ4n) is 4.44. The average molecular weight is 593 g/mol. The van der Waals surface area contributed by atoms with Gasteiger partial charge in [-0.3, -0.25) is 14.5 Å². The van der Waals surface area contributed by atoms with Crippen LogP contribution in [0.5, 0.6) is 5.75 Å². The van der Waals surface area contributed by atoms with Crippen molar-refractivity contribution in [2.75, 3.05) is 27.4 Å². The van der Waals surface area contributed by atoms with Gasteiger partial charge in [-0.25, -0.2) is 17.5 Å². The number of aryl methyl sites for hydroxylation is 1. The second kappa shape index (κ2) is 13.5. The predicted molar refractivity (Wildman–Crippen MR) is 155 cm³/mol. The number of benzene rings is 3. The lowest BCUT2D eigenvalue weighted by Gasteiger charge is -2.24. The molecule has 0 aromatic heterocycles. The van der Waals surface area contributed by atoms with Gasteiger partial charge in [0.2, 0.25) is 0 Å². The van der Waals surface area contributed by atoms with E-state index in [1.807, 2.05) is 19.1 Å². The van der Waals surface area contributed by atoms with Gasteiger partial charge in [0.1, 0.15) is 5.75 Å². The Labute approximate surface area is 245 Å². The number of sulfonamides is 1. The maximum Gasteiger partial charge on any atom is 0.423 e. The molecule has 1 heterocycles. The minimum Gasteiger partial charge on any atom is -0.497 e. The Morgan fingerprint density at radius 1 is 0.929 bits per heavy atom. The van der Waals surface area contributed by atoms with Gasteiger partial charge in [-0.05, 0) is 55.3 Å². The van der Waals surface area contributed by atoms with Gasteiger partial charge in [0.15, 0.2) is 0 Å². The normalized spacial score (nSPS) is 13.7. The highest BCUT2D eigenvalue weighted by Gasteiger charge is 2.39. The molecule has 0 spiro atoms. The predicted octanol–water partition coefficient (Wildman–Crippen LogP) is 4.59. The van der Waals surface area contributed by atoms with E-state index in [2.05, 4.69) is 0 Å². The minimum atomic E-state index is -4.18. The van der Waals surface area contributed by atoms with Crippen LogP contribution in [0.15, 0.2) is 89.8 Å². The van der Waals surface area contributed by atoms with Crippen molar-refractivity contribution in [3.8, 4) is 5.75 Å². The zero-order chi connectivity index (χ0) is 30.3. The number of hydrogen-bond donors (Lipinski definition) is 0. The SMILES string of the molecule is COC(=O)N(CC/C=C/[C@@H](COCc1ccc(OC)cc1)N1C(=O)c2ccccc2C1=O)S(=O)(=O)c1ccc(C)cc1. The fourth-order valence-corrected chi connectivity index (χ4v) is 5.79. The summed E-state index contributed by atoms with van der Waals surface area (Å²) in [6, 6.07) is 19.2. The standard InChI is InChI=1S/C31H32N2O8S/c1-22-11-17-26(18-12-22)42(37,38)32(31(36)40-3)19-7-6-8-24(21-41-20-23-13-15-25(39-2)16-14-23)33-29(34)27-9-4-5-10-28(27)30(33)35/h4-6,8-18,24H,7,19-21H2,1-3H3/b8-6+/t24-/m0/s1. The quantitative estimate of drug-likeness (QED) is 0.221. The van der Waals surface area contributed by atoms with Gasteiger partial charge in [-0.1, -0.05) is 54.1 Å². The number of amides is 3. The van der Waals surface area contributed by atoms with E-state index in [0.29, 0.717) is 21.2 Å². The second-order valence-electron chi connectivity index (χ2n) is 9.53. The van der Waals surface area contributed by atoms with E-state index in [-0.39, 0.29) is 31.1 Å². The van der Waals surface area contributed by atoms with Gasteiger partial charge < -0.3 is 14.2 Å². The number of carbonyl (C=O) groups excluding carboxylic acids is 3. The lowest BCUT2D eigenvalue weighted by atomic mass is 10.1. The van der Waals surface area contributed by atoms with Crippen LogP contribution in [0.1, 0.15) is 38.3 Å². The molecule has 0 bridgehead atoms. The third-order valence-corrected chi connectivity index (χ3v) is 8.50. The van der Waals surface area contributed by atoms with E-state index >= 15 is 0 Å². The molecule has 11 heteroatoms. The summed E-state index contributed by atoms with van der Waals surface area (Å²) in [5, 5.41) is 0. The Balaban J connectivity index is 1.51.